The number of rotatable bonds is 6. The number of hydrogen-bond donors (Lipinski definition) is 1. The van der Waals surface area contributed by atoms with Gasteiger partial charge in [0.2, 0.25) is 0 Å². The van der Waals surface area contributed by atoms with E-state index in [9.17, 15) is 22.2 Å². The minimum atomic E-state index is -4.55. The molecule has 184 valence electrons. The highest BCUT2D eigenvalue weighted by atomic mass is 32.2. The molecule has 1 saturated carbocycles. The predicted molar refractivity (Wildman–Crippen MR) is 127 cm³/mol. The fourth-order valence-electron chi connectivity index (χ4n) is 3.64. The highest BCUT2D eigenvalue weighted by Crippen LogP contribution is 2.42. The van der Waals surface area contributed by atoms with Gasteiger partial charge in [0.05, 0.1) is 34.9 Å². The average Bonchev–Trinajstić information content (AvgIpc) is 3.63. The van der Waals surface area contributed by atoms with Crippen molar-refractivity contribution in [3.63, 3.8) is 0 Å². The van der Waals surface area contributed by atoms with E-state index in [1.54, 1.807) is 19.1 Å². The second-order valence-electron chi connectivity index (χ2n) is 8.78. The Morgan fingerprint density at radius 2 is 1.83 bits per heavy atom. The molecule has 4 rings (SSSR count). The van der Waals surface area contributed by atoms with Crippen LogP contribution < -0.4 is 5.32 Å². The lowest BCUT2D eigenvalue weighted by atomic mass is 10.0. The van der Waals surface area contributed by atoms with Crippen molar-refractivity contribution in [2.45, 2.75) is 37.9 Å². The van der Waals surface area contributed by atoms with Gasteiger partial charge in [0.1, 0.15) is 5.69 Å². The first-order valence-electron chi connectivity index (χ1n) is 10.9. The summed E-state index contributed by atoms with van der Waals surface area (Å²) < 4.78 is 56.2. The number of nitrogens with one attached hydrogen (secondary N) is 1. The Labute approximate surface area is 201 Å². The molecule has 1 aliphatic rings. The Morgan fingerprint density at radius 1 is 1.11 bits per heavy atom. The van der Waals surface area contributed by atoms with Gasteiger partial charge in [-0.3, -0.25) is 19.7 Å². The van der Waals surface area contributed by atoms with Gasteiger partial charge in [-0.1, -0.05) is 0 Å². The van der Waals surface area contributed by atoms with Gasteiger partial charge in [0.15, 0.2) is 0 Å². The van der Waals surface area contributed by atoms with Crippen LogP contribution in [0.3, 0.4) is 0 Å². The number of aromatic nitrogens is 3. The van der Waals surface area contributed by atoms with Gasteiger partial charge >= 0.3 is 6.18 Å². The third kappa shape index (κ3) is 6.21. The van der Waals surface area contributed by atoms with Crippen LogP contribution in [0.15, 0.2) is 53.3 Å². The van der Waals surface area contributed by atoms with Crippen LogP contribution in [0.5, 0.6) is 0 Å². The normalized spacial score (nSPS) is 14.9. The van der Waals surface area contributed by atoms with Crippen LogP contribution in [0.1, 0.15) is 58.9 Å². The summed E-state index contributed by atoms with van der Waals surface area (Å²) in [4.78, 5) is 25.9. The smallest absolute Gasteiger partial charge is 0.344 e. The second-order valence-corrected chi connectivity index (χ2v) is 11.3. The van der Waals surface area contributed by atoms with E-state index in [2.05, 4.69) is 24.6 Å². The Kier molecular flexibility index (Phi) is 6.63. The van der Waals surface area contributed by atoms with Crippen molar-refractivity contribution in [1.82, 2.24) is 20.3 Å². The quantitative estimate of drug-likeness (QED) is 0.493. The third-order valence-corrected chi connectivity index (χ3v) is 6.04. The Morgan fingerprint density at radius 3 is 2.43 bits per heavy atom. The first-order valence-corrected chi connectivity index (χ1v) is 13.2. The van der Waals surface area contributed by atoms with E-state index in [-0.39, 0.29) is 11.5 Å². The molecule has 1 atom stereocenters. The summed E-state index contributed by atoms with van der Waals surface area (Å²) in [5, 5.41) is 2.74. The molecule has 1 amide bonds. The lowest BCUT2D eigenvalue weighted by Gasteiger charge is -2.17. The second kappa shape index (κ2) is 9.37. The largest absolute Gasteiger partial charge is 0.416 e. The Balaban J connectivity index is 1.60. The summed E-state index contributed by atoms with van der Waals surface area (Å²) in [6.45, 7) is 1.67. The summed E-state index contributed by atoms with van der Waals surface area (Å²) in [7, 11) is -2.34. The summed E-state index contributed by atoms with van der Waals surface area (Å²) in [5.74, 6) is -0.577. The molecule has 1 fully saturated rings. The molecule has 1 aliphatic carbocycles. The number of alkyl halides is 3. The maximum absolute atomic E-state index is 13.4. The van der Waals surface area contributed by atoms with Crippen LogP contribution in [0, 0.1) is 0 Å². The SMILES string of the molecule is C[C@H](NC(=O)c1cc(C2CC2)cc(C(F)(F)F)c1)c1nccnc1-c1ccc(N=S(C)(C)=O)cn1. The number of pyridine rings is 1. The van der Waals surface area contributed by atoms with Gasteiger partial charge in [0.25, 0.3) is 5.91 Å². The monoisotopic (exact) mass is 503 g/mol. The summed E-state index contributed by atoms with van der Waals surface area (Å²) in [6, 6.07) is 6.15. The number of benzene rings is 1. The maximum Gasteiger partial charge on any atom is 0.416 e. The molecule has 0 radical (unpaired) electrons. The van der Waals surface area contributed by atoms with E-state index >= 15 is 0 Å². The zero-order valence-electron chi connectivity index (χ0n) is 19.3. The zero-order valence-corrected chi connectivity index (χ0v) is 20.2. The number of carbonyl (C=O) groups is 1. The van der Waals surface area contributed by atoms with E-state index in [4.69, 9.17) is 0 Å². The van der Waals surface area contributed by atoms with Crippen LogP contribution in [-0.2, 0) is 15.9 Å². The number of hydrogen-bond acceptors (Lipinski definition) is 6. The average molecular weight is 504 g/mol. The van der Waals surface area contributed by atoms with Gasteiger partial charge in [-0.15, -0.1) is 0 Å². The van der Waals surface area contributed by atoms with Gasteiger partial charge in [-0.05, 0) is 61.6 Å². The van der Waals surface area contributed by atoms with Gasteiger partial charge in [0, 0.05) is 40.2 Å². The van der Waals surface area contributed by atoms with Crippen molar-refractivity contribution in [3.05, 3.63) is 71.3 Å². The molecular weight excluding hydrogens is 479 g/mol. The molecule has 0 aliphatic heterocycles. The maximum atomic E-state index is 13.4. The number of amides is 1. The van der Waals surface area contributed by atoms with Gasteiger partial charge in [-0.25, -0.2) is 4.21 Å². The van der Waals surface area contributed by atoms with Crippen molar-refractivity contribution in [2.75, 3.05) is 12.5 Å². The first-order chi connectivity index (χ1) is 16.4. The van der Waals surface area contributed by atoms with E-state index in [0.29, 0.717) is 28.3 Å². The fraction of sp³-hybridized carbons (Fsp3) is 0.333. The van der Waals surface area contributed by atoms with E-state index in [0.717, 1.165) is 25.0 Å². The van der Waals surface area contributed by atoms with E-state index < -0.39 is 33.4 Å². The highest BCUT2D eigenvalue weighted by Gasteiger charge is 2.34. The first kappa shape index (κ1) is 24.8. The van der Waals surface area contributed by atoms with Gasteiger partial charge < -0.3 is 5.32 Å². The summed E-state index contributed by atoms with van der Waals surface area (Å²) in [5.41, 5.74) is 1.36. The molecule has 2 aromatic heterocycles. The molecule has 0 bridgehead atoms. The molecule has 0 spiro atoms. The molecule has 7 nitrogen and oxygen atoms in total. The number of carbonyl (C=O) groups excluding carboxylic acids is 1. The molecule has 2 heterocycles. The lowest BCUT2D eigenvalue weighted by molar-refractivity contribution is -0.137. The molecule has 1 aromatic carbocycles. The number of halogens is 3. The molecule has 11 heteroatoms. The van der Waals surface area contributed by atoms with Crippen molar-refractivity contribution < 1.29 is 22.2 Å². The minimum Gasteiger partial charge on any atom is -0.344 e. The van der Waals surface area contributed by atoms with Crippen LogP contribution >= 0.6 is 0 Å². The van der Waals surface area contributed by atoms with Gasteiger partial charge in [-0.2, -0.15) is 17.5 Å². The Bertz CT molecular complexity index is 1370. The van der Waals surface area contributed by atoms with Crippen LogP contribution in [0.25, 0.3) is 11.4 Å². The van der Waals surface area contributed by atoms with Crippen molar-refractivity contribution in [2.24, 2.45) is 4.36 Å². The topological polar surface area (TPSA) is 97.2 Å². The fourth-order valence-corrected chi connectivity index (χ4v) is 4.26. The molecule has 35 heavy (non-hydrogen) atoms. The van der Waals surface area contributed by atoms with Crippen LogP contribution in [0.2, 0.25) is 0 Å². The van der Waals surface area contributed by atoms with E-state index in [1.165, 1.54) is 37.2 Å². The summed E-state index contributed by atoms with van der Waals surface area (Å²) >= 11 is 0. The summed E-state index contributed by atoms with van der Waals surface area (Å²) in [6.07, 6.45) is 4.52. The molecule has 3 aromatic rings. The van der Waals surface area contributed by atoms with Crippen molar-refractivity contribution in [1.29, 1.82) is 0 Å². The lowest BCUT2D eigenvalue weighted by Crippen LogP contribution is -2.28. The van der Waals surface area contributed by atoms with E-state index in [1.807, 2.05) is 0 Å². The Hall–Kier alpha value is -3.34. The third-order valence-electron chi connectivity index (χ3n) is 5.39. The standard InChI is InChI=1S/C24H24F3N5O2S/c1-14(31-23(33)17-10-16(15-4-5-15)11-18(12-17)24(25,26)27)21-22(29-9-8-28-21)20-7-6-19(13-30-20)32-35(2,3)34/h6-15H,4-5H2,1-3H3,(H,31,33)/t14-/m0/s1. The molecular formula is C24H24F3N5O2S. The van der Waals surface area contributed by atoms with Crippen molar-refractivity contribution in [3.8, 4) is 11.4 Å². The highest BCUT2D eigenvalue weighted by molar-refractivity contribution is 7.92. The molecule has 0 saturated heterocycles. The zero-order chi connectivity index (χ0) is 25.4. The number of nitrogens with zero attached hydrogens (tertiary/aromatic N) is 4. The van der Waals surface area contributed by atoms with Crippen molar-refractivity contribution >= 4 is 21.3 Å². The van der Waals surface area contributed by atoms with Crippen LogP contribution in [-0.4, -0.2) is 37.6 Å². The van der Waals surface area contributed by atoms with Crippen LogP contribution in [0.4, 0.5) is 18.9 Å². The molecule has 1 N–H and O–H groups in total. The minimum absolute atomic E-state index is 0.0502. The predicted octanol–water partition coefficient (Wildman–Crippen LogP) is 5.28. The molecule has 0 unspecified atom stereocenters.